The Morgan fingerprint density at radius 1 is 0.736 bits per heavy atom. The molecule has 53 heavy (non-hydrogen) atoms. The van der Waals surface area contributed by atoms with Gasteiger partial charge in [-0.15, -0.1) is 0 Å². The minimum atomic E-state index is -2.37. The molecule has 1 saturated carbocycles. The summed E-state index contributed by atoms with van der Waals surface area (Å²) in [5.41, 5.74) is 2.19. The van der Waals surface area contributed by atoms with E-state index in [1.54, 1.807) is 91.0 Å². The molecule has 282 valence electrons. The number of allylic oxidation sites excluding steroid dienone is 1. The average Bonchev–Trinajstić information content (AvgIpc) is 3.15. The Morgan fingerprint density at radius 3 is 1.66 bits per heavy atom. The van der Waals surface area contributed by atoms with E-state index in [0.29, 0.717) is 17.4 Å². The fourth-order valence-electron chi connectivity index (χ4n) is 7.17. The number of carbonyl (C=O) groups excluding carboxylic acids is 3. The number of benzene rings is 3. The molecule has 1 heterocycles. The molecule has 1 aliphatic heterocycles. The maximum Gasteiger partial charge on any atom is 0.338 e. The summed E-state index contributed by atoms with van der Waals surface area (Å²) in [6.45, 7) is 15.5. The van der Waals surface area contributed by atoms with Gasteiger partial charge in [0.1, 0.15) is 6.10 Å². The zero-order valence-corrected chi connectivity index (χ0v) is 32.8. The van der Waals surface area contributed by atoms with E-state index in [-0.39, 0.29) is 34.8 Å². The van der Waals surface area contributed by atoms with E-state index in [0.717, 1.165) is 12.8 Å². The molecule has 0 N–H and O–H groups in total. The van der Waals surface area contributed by atoms with Crippen molar-refractivity contribution in [2.75, 3.05) is 13.2 Å². The highest BCUT2D eigenvalue weighted by Gasteiger charge is 2.55. The summed E-state index contributed by atoms with van der Waals surface area (Å²) in [5, 5.41) is -0.137. The Hall–Kier alpha value is -4.09. The van der Waals surface area contributed by atoms with Crippen LogP contribution < -0.4 is 0 Å². The topological polar surface area (TPSA) is 107 Å². The fourth-order valence-corrected chi connectivity index (χ4v) is 8.19. The standard InChI is InChI=1S/C43H52O9Si/c1-42(2,3)53(6,7)48-27-34-35(50-38(44)28-17-11-8-12-18-28)36(51-39(45)29-19-13-9-14-20-29)37(52-40(46)30-21-15-10-16-22-30)41(49-34)47-26-31-23-24-32-25-33(31)43(32,4)5/h8-23,32-37,41H,24-27H2,1-7H3/t32-,33-,34+,35+,36-,37+,41+/m0/s1. The molecule has 3 aromatic carbocycles. The third kappa shape index (κ3) is 8.51. The fraction of sp³-hybridized carbons (Fsp3) is 0.465. The molecule has 3 aromatic rings. The van der Waals surface area contributed by atoms with Crippen LogP contribution in [0.1, 0.15) is 78.5 Å². The normalized spacial score (nSPS) is 26.4. The van der Waals surface area contributed by atoms with E-state index < -0.39 is 56.9 Å². The molecule has 9 nitrogen and oxygen atoms in total. The number of esters is 3. The van der Waals surface area contributed by atoms with Gasteiger partial charge >= 0.3 is 17.9 Å². The van der Waals surface area contributed by atoms with Gasteiger partial charge in [-0.25, -0.2) is 14.4 Å². The summed E-state index contributed by atoms with van der Waals surface area (Å²) in [6.07, 6.45) is -1.74. The minimum absolute atomic E-state index is 0.0157. The van der Waals surface area contributed by atoms with Crippen LogP contribution in [0, 0.1) is 17.3 Å². The number of carbonyl (C=O) groups is 3. The van der Waals surface area contributed by atoms with E-state index in [1.165, 1.54) is 5.57 Å². The number of hydrogen-bond donors (Lipinski definition) is 0. The number of fused-ring (bicyclic) bond motifs is 1. The highest BCUT2D eigenvalue weighted by Crippen LogP contribution is 2.59. The lowest BCUT2D eigenvalue weighted by Crippen LogP contribution is -2.63. The second-order valence-corrected chi connectivity index (χ2v) is 21.3. The summed E-state index contributed by atoms with van der Waals surface area (Å²) < 4.78 is 38.7. The van der Waals surface area contributed by atoms with Crippen molar-refractivity contribution in [3.05, 3.63) is 119 Å². The van der Waals surface area contributed by atoms with Gasteiger partial charge in [-0.3, -0.25) is 0 Å². The average molecular weight is 741 g/mol. The van der Waals surface area contributed by atoms with E-state index in [2.05, 4.69) is 53.8 Å². The van der Waals surface area contributed by atoms with Gasteiger partial charge in [0.05, 0.1) is 29.9 Å². The van der Waals surface area contributed by atoms with E-state index in [1.807, 2.05) is 0 Å². The van der Waals surface area contributed by atoms with Gasteiger partial charge in [-0.2, -0.15) is 0 Å². The number of ether oxygens (including phenoxy) is 5. The van der Waals surface area contributed by atoms with Crippen LogP contribution in [0.25, 0.3) is 0 Å². The van der Waals surface area contributed by atoms with Crippen molar-refractivity contribution in [1.82, 2.24) is 0 Å². The quantitative estimate of drug-likeness (QED) is 0.0783. The monoisotopic (exact) mass is 740 g/mol. The van der Waals surface area contributed by atoms with Crippen molar-refractivity contribution < 1.29 is 42.5 Å². The first-order valence-electron chi connectivity index (χ1n) is 18.5. The Bertz CT molecular complexity index is 1770. The van der Waals surface area contributed by atoms with Crippen LogP contribution in [0.5, 0.6) is 0 Å². The van der Waals surface area contributed by atoms with Crippen molar-refractivity contribution in [3.8, 4) is 0 Å². The van der Waals surface area contributed by atoms with E-state index >= 15 is 0 Å². The summed E-state index contributed by atoms with van der Waals surface area (Å²) in [4.78, 5) is 41.5. The Morgan fingerprint density at radius 2 is 1.21 bits per heavy atom. The predicted octanol–water partition coefficient (Wildman–Crippen LogP) is 8.42. The highest BCUT2D eigenvalue weighted by atomic mass is 28.4. The smallest absolute Gasteiger partial charge is 0.338 e. The summed E-state index contributed by atoms with van der Waals surface area (Å²) >= 11 is 0. The van der Waals surface area contributed by atoms with Crippen LogP contribution in [0.4, 0.5) is 0 Å². The van der Waals surface area contributed by atoms with Crippen LogP contribution in [0.3, 0.4) is 0 Å². The number of rotatable bonds is 12. The van der Waals surface area contributed by atoms with Crippen molar-refractivity contribution in [2.24, 2.45) is 17.3 Å². The summed E-state index contributed by atoms with van der Waals surface area (Å²) in [7, 11) is -2.37. The molecule has 0 unspecified atom stereocenters. The molecule has 0 amide bonds. The maximum absolute atomic E-state index is 13.9. The predicted molar refractivity (Wildman–Crippen MR) is 203 cm³/mol. The highest BCUT2D eigenvalue weighted by molar-refractivity contribution is 6.74. The molecule has 0 radical (unpaired) electrons. The van der Waals surface area contributed by atoms with Crippen LogP contribution in [-0.4, -0.2) is 70.1 Å². The van der Waals surface area contributed by atoms with Gasteiger partial charge < -0.3 is 28.1 Å². The van der Waals surface area contributed by atoms with Crippen molar-refractivity contribution in [3.63, 3.8) is 0 Å². The molecular weight excluding hydrogens is 689 g/mol. The van der Waals surface area contributed by atoms with Gasteiger partial charge in [0.15, 0.2) is 32.9 Å². The van der Waals surface area contributed by atoms with Crippen LogP contribution in [0.15, 0.2) is 103 Å². The molecule has 1 saturated heterocycles. The second kappa shape index (κ2) is 15.7. The molecule has 2 fully saturated rings. The largest absolute Gasteiger partial charge is 0.452 e. The maximum atomic E-state index is 13.9. The van der Waals surface area contributed by atoms with Crippen molar-refractivity contribution in [2.45, 2.75) is 96.3 Å². The molecule has 7 rings (SSSR count). The van der Waals surface area contributed by atoms with Gasteiger partial charge in [0, 0.05) is 0 Å². The molecule has 3 aliphatic carbocycles. The Balaban J connectivity index is 1.40. The third-order valence-electron chi connectivity index (χ3n) is 11.8. The zero-order valence-electron chi connectivity index (χ0n) is 31.8. The molecule has 10 heteroatoms. The van der Waals surface area contributed by atoms with Gasteiger partial charge in [0.2, 0.25) is 0 Å². The van der Waals surface area contributed by atoms with Crippen LogP contribution in [-0.2, 0) is 28.1 Å². The molecule has 2 bridgehead atoms. The van der Waals surface area contributed by atoms with Gasteiger partial charge in [0.25, 0.3) is 0 Å². The first-order chi connectivity index (χ1) is 25.2. The molecular formula is C43H52O9Si. The Kier molecular flexibility index (Phi) is 11.5. The summed E-state index contributed by atoms with van der Waals surface area (Å²) in [5.74, 6) is -1.00. The molecule has 0 spiro atoms. The van der Waals surface area contributed by atoms with E-state index in [4.69, 9.17) is 28.1 Å². The molecule has 7 atom stereocenters. The second-order valence-electron chi connectivity index (χ2n) is 16.5. The minimum Gasteiger partial charge on any atom is -0.452 e. The molecule has 0 aromatic heterocycles. The third-order valence-corrected chi connectivity index (χ3v) is 16.3. The number of hydrogen-bond acceptors (Lipinski definition) is 9. The van der Waals surface area contributed by atoms with Crippen molar-refractivity contribution in [1.29, 1.82) is 0 Å². The molecule has 4 aliphatic rings. The Labute approximate surface area is 314 Å². The van der Waals surface area contributed by atoms with Gasteiger partial charge in [-0.1, -0.05) is 95.3 Å². The lowest BCUT2D eigenvalue weighted by atomic mass is 9.49. The lowest BCUT2D eigenvalue weighted by molar-refractivity contribution is -0.296. The lowest BCUT2D eigenvalue weighted by Gasteiger charge is -2.56. The summed E-state index contributed by atoms with van der Waals surface area (Å²) in [6, 6.07) is 25.6. The van der Waals surface area contributed by atoms with Crippen molar-refractivity contribution >= 4 is 26.2 Å². The van der Waals surface area contributed by atoms with Crippen LogP contribution >= 0.6 is 0 Å². The van der Waals surface area contributed by atoms with Gasteiger partial charge in [-0.05, 0) is 90.2 Å². The van der Waals surface area contributed by atoms with E-state index in [9.17, 15) is 14.4 Å². The first kappa shape index (κ1) is 38.6. The SMILES string of the molecule is CC1(C)[C@H]2CC=C(CO[C@@H]3O[C@H](CO[Si](C)(C)C(C)(C)C)[C@@H](OC(=O)c4ccccc4)[C@H](OC(=O)c4ccccc4)[C@H]3OC(=O)c3ccccc3)[C@@H]1C2. The first-order valence-corrected chi connectivity index (χ1v) is 21.4. The zero-order chi connectivity index (χ0) is 38.0. The van der Waals surface area contributed by atoms with Crippen LogP contribution in [0.2, 0.25) is 18.1 Å².